The van der Waals surface area contributed by atoms with E-state index in [-0.39, 0.29) is 18.1 Å². The van der Waals surface area contributed by atoms with Gasteiger partial charge in [-0.25, -0.2) is 9.97 Å². The summed E-state index contributed by atoms with van der Waals surface area (Å²) >= 11 is 0. The van der Waals surface area contributed by atoms with Crippen molar-refractivity contribution >= 4 is 23.5 Å². The fraction of sp³-hybridized carbons (Fsp3) is 0.211. The average molecular weight is 393 g/mol. The molecule has 0 aliphatic carbocycles. The van der Waals surface area contributed by atoms with Gasteiger partial charge < -0.3 is 19.9 Å². The summed E-state index contributed by atoms with van der Waals surface area (Å²) in [5.41, 5.74) is 1.86. The van der Waals surface area contributed by atoms with Crippen molar-refractivity contribution in [2.45, 2.75) is 12.9 Å². The molecule has 0 bridgehead atoms. The molecule has 1 atom stereocenters. The smallest absolute Gasteiger partial charge is 0.277 e. The number of fused-ring (bicyclic) bond motifs is 1. The Morgan fingerprint density at radius 2 is 1.86 bits per heavy atom. The molecule has 0 radical (unpaired) electrons. The van der Waals surface area contributed by atoms with Crippen molar-refractivity contribution in [3.63, 3.8) is 0 Å². The van der Waals surface area contributed by atoms with Gasteiger partial charge >= 0.3 is 0 Å². The first-order valence-electron chi connectivity index (χ1n) is 8.86. The second kappa shape index (κ2) is 7.32. The number of hydrogen-bond acceptors (Lipinski definition) is 7. The van der Waals surface area contributed by atoms with E-state index < -0.39 is 12.3 Å². The summed E-state index contributed by atoms with van der Waals surface area (Å²) in [5.74, 6) is -0.167. The van der Waals surface area contributed by atoms with Crippen molar-refractivity contribution in [1.29, 1.82) is 0 Å². The first kappa shape index (κ1) is 18.6. The second-order valence-corrected chi connectivity index (χ2v) is 6.62. The summed E-state index contributed by atoms with van der Waals surface area (Å²) in [7, 11) is 3.10. The average Bonchev–Trinajstić information content (AvgIpc) is 3.15. The maximum absolute atomic E-state index is 12.5. The van der Waals surface area contributed by atoms with Crippen LogP contribution in [0.15, 0.2) is 49.1 Å². The fourth-order valence-corrected chi connectivity index (χ4v) is 3.10. The number of carbonyl (C=O) groups is 2. The number of amides is 2. The molecule has 3 heterocycles. The van der Waals surface area contributed by atoms with E-state index in [1.165, 1.54) is 33.9 Å². The van der Waals surface area contributed by atoms with Gasteiger partial charge in [0.25, 0.3) is 5.91 Å². The number of aliphatic hydroxyl groups is 1. The highest BCUT2D eigenvalue weighted by Gasteiger charge is 2.36. The Morgan fingerprint density at radius 3 is 2.55 bits per heavy atom. The Kier molecular flexibility index (Phi) is 4.69. The molecule has 10 heteroatoms. The van der Waals surface area contributed by atoms with E-state index >= 15 is 0 Å². The van der Waals surface area contributed by atoms with Gasteiger partial charge in [0, 0.05) is 19.7 Å². The number of nitrogens with one attached hydrogen (secondary N) is 1. The molecule has 0 fully saturated rings. The van der Waals surface area contributed by atoms with Gasteiger partial charge in [0.15, 0.2) is 17.3 Å². The molecule has 1 aliphatic heterocycles. The van der Waals surface area contributed by atoms with E-state index in [1.54, 1.807) is 13.2 Å². The van der Waals surface area contributed by atoms with Gasteiger partial charge in [-0.1, -0.05) is 30.3 Å². The van der Waals surface area contributed by atoms with E-state index in [9.17, 15) is 14.7 Å². The van der Waals surface area contributed by atoms with Crippen LogP contribution in [0, 0.1) is 0 Å². The molecule has 148 valence electrons. The summed E-state index contributed by atoms with van der Waals surface area (Å²) in [5, 5.41) is 12.7. The van der Waals surface area contributed by atoms with E-state index in [1.807, 2.05) is 30.3 Å². The maximum atomic E-state index is 12.5. The van der Waals surface area contributed by atoms with E-state index in [0.717, 1.165) is 5.56 Å². The van der Waals surface area contributed by atoms with Crippen LogP contribution in [0.4, 0.5) is 11.6 Å². The number of aromatic nitrogens is 4. The number of benzene rings is 1. The highest BCUT2D eigenvalue weighted by molar-refractivity contribution is 6.00. The summed E-state index contributed by atoms with van der Waals surface area (Å²) in [4.78, 5) is 40.3. The summed E-state index contributed by atoms with van der Waals surface area (Å²) in [6, 6.07) is 9.58. The van der Waals surface area contributed by atoms with E-state index in [0.29, 0.717) is 17.3 Å². The lowest BCUT2D eigenvalue weighted by Gasteiger charge is -2.36. The van der Waals surface area contributed by atoms with Gasteiger partial charge in [-0.15, -0.1) is 0 Å². The zero-order chi connectivity index (χ0) is 20.5. The minimum absolute atomic E-state index is 0.131. The molecule has 0 saturated heterocycles. The molecule has 1 unspecified atom stereocenters. The van der Waals surface area contributed by atoms with Crippen LogP contribution in [0.25, 0.3) is 11.3 Å². The quantitative estimate of drug-likeness (QED) is 0.673. The van der Waals surface area contributed by atoms with Crippen molar-refractivity contribution in [3.05, 3.63) is 54.7 Å². The van der Waals surface area contributed by atoms with Crippen molar-refractivity contribution in [2.24, 2.45) is 0 Å². The topological polar surface area (TPSA) is 116 Å². The normalized spacial score (nSPS) is 16.0. The van der Waals surface area contributed by atoms with Crippen LogP contribution in [0.2, 0.25) is 0 Å². The predicted octanol–water partition coefficient (Wildman–Crippen LogP) is 0.776. The third-order valence-electron chi connectivity index (χ3n) is 4.67. The molecule has 1 aliphatic rings. The zero-order valence-electron chi connectivity index (χ0n) is 15.9. The number of nitrogens with zero attached hydrogens (tertiary/aromatic N) is 6. The molecule has 10 nitrogen and oxygen atoms in total. The molecule has 4 rings (SSSR count). The SMILES string of the molecule is CN1C(=O)c2c(ncn2CC(=O)Nc2cnc(-c3ccccc3)cn2)N(C)C1O. The summed E-state index contributed by atoms with van der Waals surface area (Å²) < 4.78 is 1.44. The Morgan fingerprint density at radius 1 is 1.10 bits per heavy atom. The molecule has 1 aromatic carbocycles. The number of imidazole rings is 1. The Labute approximate surface area is 166 Å². The first-order valence-corrected chi connectivity index (χ1v) is 8.86. The Bertz CT molecular complexity index is 1050. The lowest BCUT2D eigenvalue weighted by Crippen LogP contribution is -2.52. The third-order valence-corrected chi connectivity index (χ3v) is 4.67. The number of anilines is 2. The molecular formula is C19H19N7O3. The van der Waals surface area contributed by atoms with Crippen LogP contribution in [-0.4, -0.2) is 61.8 Å². The van der Waals surface area contributed by atoms with Crippen LogP contribution in [0.5, 0.6) is 0 Å². The predicted molar refractivity (Wildman–Crippen MR) is 105 cm³/mol. The van der Waals surface area contributed by atoms with E-state index in [4.69, 9.17) is 0 Å². The highest BCUT2D eigenvalue weighted by Crippen LogP contribution is 2.26. The second-order valence-electron chi connectivity index (χ2n) is 6.62. The molecule has 2 aromatic heterocycles. The van der Waals surface area contributed by atoms with Crippen LogP contribution in [0.3, 0.4) is 0 Å². The molecule has 0 saturated carbocycles. The van der Waals surface area contributed by atoms with Gasteiger partial charge in [0.05, 0.1) is 24.4 Å². The van der Waals surface area contributed by atoms with Gasteiger partial charge in [-0.05, 0) is 0 Å². The maximum Gasteiger partial charge on any atom is 0.277 e. The van der Waals surface area contributed by atoms with E-state index in [2.05, 4.69) is 20.3 Å². The molecule has 3 aromatic rings. The van der Waals surface area contributed by atoms with Crippen LogP contribution < -0.4 is 10.2 Å². The lowest BCUT2D eigenvalue weighted by atomic mass is 10.2. The highest BCUT2D eigenvalue weighted by atomic mass is 16.3. The molecule has 2 amide bonds. The summed E-state index contributed by atoms with van der Waals surface area (Å²) in [6.07, 6.45) is 3.35. The van der Waals surface area contributed by atoms with Crippen LogP contribution in [-0.2, 0) is 11.3 Å². The van der Waals surface area contributed by atoms with Crippen molar-refractivity contribution in [3.8, 4) is 11.3 Å². The van der Waals surface area contributed by atoms with Gasteiger partial charge in [-0.2, -0.15) is 0 Å². The number of aliphatic hydroxyl groups excluding tert-OH is 1. The number of carbonyl (C=O) groups excluding carboxylic acids is 2. The minimum Gasteiger partial charge on any atom is -0.356 e. The summed E-state index contributed by atoms with van der Waals surface area (Å²) in [6.45, 7) is -0.131. The Balaban J connectivity index is 1.47. The molecule has 2 N–H and O–H groups in total. The van der Waals surface area contributed by atoms with Crippen molar-refractivity contribution in [1.82, 2.24) is 24.4 Å². The Hall–Kier alpha value is -3.79. The van der Waals surface area contributed by atoms with Crippen molar-refractivity contribution in [2.75, 3.05) is 24.3 Å². The first-order chi connectivity index (χ1) is 14.0. The third kappa shape index (κ3) is 3.41. The van der Waals surface area contributed by atoms with Gasteiger partial charge in [0.1, 0.15) is 6.54 Å². The molecular weight excluding hydrogens is 374 g/mol. The van der Waals surface area contributed by atoms with Crippen LogP contribution >= 0.6 is 0 Å². The van der Waals surface area contributed by atoms with Crippen molar-refractivity contribution < 1.29 is 14.7 Å². The number of rotatable bonds is 4. The minimum atomic E-state index is -1.11. The van der Waals surface area contributed by atoms with Gasteiger partial charge in [-0.3, -0.25) is 19.5 Å². The monoisotopic (exact) mass is 393 g/mol. The molecule has 0 spiro atoms. The molecule has 29 heavy (non-hydrogen) atoms. The lowest BCUT2D eigenvalue weighted by molar-refractivity contribution is -0.116. The fourth-order valence-electron chi connectivity index (χ4n) is 3.10. The number of hydrogen-bond donors (Lipinski definition) is 2. The van der Waals surface area contributed by atoms with Crippen LogP contribution in [0.1, 0.15) is 10.5 Å². The zero-order valence-corrected chi connectivity index (χ0v) is 15.9. The van der Waals surface area contributed by atoms with Gasteiger partial charge in [0.2, 0.25) is 12.3 Å². The largest absolute Gasteiger partial charge is 0.356 e. The standard InChI is InChI=1S/C19H19N7O3/c1-24-17-16(18(28)25(2)19(24)29)26(11-22-17)10-15(27)23-14-9-20-13(8-21-14)12-6-4-3-5-7-12/h3-9,11,19,29H,10H2,1-2H3,(H,21,23,27).